The molecular weight excluding hydrogens is 250 g/mol. The van der Waals surface area contributed by atoms with Crippen LogP contribution in [0.2, 0.25) is 0 Å². The van der Waals surface area contributed by atoms with Crippen molar-refractivity contribution in [3.05, 3.63) is 71.3 Å². The van der Waals surface area contributed by atoms with Gasteiger partial charge in [0.15, 0.2) is 5.78 Å². The third-order valence-corrected chi connectivity index (χ3v) is 2.71. The molecule has 0 radical (unpaired) electrons. The van der Waals surface area contributed by atoms with Gasteiger partial charge in [0.2, 0.25) is 0 Å². The SMILES string of the molecule is O=C(NCl)c1ccccc1C(=O)c1ccccc1. The Morgan fingerprint density at radius 2 is 1.39 bits per heavy atom. The molecule has 18 heavy (non-hydrogen) atoms. The molecule has 1 N–H and O–H groups in total. The molecule has 3 nitrogen and oxygen atoms in total. The van der Waals surface area contributed by atoms with Gasteiger partial charge in [-0.25, -0.2) is 0 Å². The number of hydrogen-bond acceptors (Lipinski definition) is 2. The van der Waals surface area contributed by atoms with E-state index in [1.807, 2.05) is 10.9 Å². The van der Waals surface area contributed by atoms with E-state index in [-0.39, 0.29) is 11.3 Å². The highest BCUT2D eigenvalue weighted by molar-refractivity contribution is 6.26. The highest BCUT2D eigenvalue weighted by Gasteiger charge is 2.16. The van der Waals surface area contributed by atoms with E-state index in [2.05, 4.69) is 0 Å². The fourth-order valence-electron chi connectivity index (χ4n) is 1.68. The van der Waals surface area contributed by atoms with Gasteiger partial charge in [-0.3, -0.25) is 14.4 Å². The Balaban J connectivity index is 2.46. The Labute approximate surface area is 110 Å². The van der Waals surface area contributed by atoms with Crippen LogP contribution in [0.25, 0.3) is 0 Å². The van der Waals surface area contributed by atoms with E-state index in [1.54, 1.807) is 48.5 Å². The van der Waals surface area contributed by atoms with E-state index in [0.717, 1.165) is 0 Å². The molecule has 0 saturated heterocycles. The first-order valence-corrected chi connectivity index (χ1v) is 5.71. The van der Waals surface area contributed by atoms with Crippen LogP contribution in [0.5, 0.6) is 0 Å². The predicted octanol–water partition coefficient (Wildman–Crippen LogP) is 2.80. The maximum atomic E-state index is 12.3. The topological polar surface area (TPSA) is 46.2 Å². The second-order valence-electron chi connectivity index (χ2n) is 3.66. The smallest absolute Gasteiger partial charge is 0.266 e. The van der Waals surface area contributed by atoms with Crippen molar-refractivity contribution in [1.82, 2.24) is 4.84 Å². The molecular formula is C14H10ClNO2. The Morgan fingerprint density at radius 3 is 2.00 bits per heavy atom. The summed E-state index contributed by atoms with van der Waals surface area (Å²) in [6.07, 6.45) is 0. The van der Waals surface area contributed by atoms with Crippen molar-refractivity contribution in [3.8, 4) is 0 Å². The summed E-state index contributed by atoms with van der Waals surface area (Å²) in [5.74, 6) is -0.692. The van der Waals surface area contributed by atoms with E-state index < -0.39 is 5.91 Å². The molecule has 2 aromatic rings. The lowest BCUT2D eigenvalue weighted by molar-refractivity contribution is 0.0966. The van der Waals surface area contributed by atoms with Gasteiger partial charge in [0.05, 0.1) is 5.56 Å². The zero-order chi connectivity index (χ0) is 13.0. The van der Waals surface area contributed by atoms with Gasteiger partial charge in [0, 0.05) is 22.9 Å². The molecule has 2 rings (SSSR count). The monoisotopic (exact) mass is 259 g/mol. The van der Waals surface area contributed by atoms with Crippen LogP contribution in [0.3, 0.4) is 0 Å². The molecule has 2 aromatic carbocycles. The van der Waals surface area contributed by atoms with Gasteiger partial charge in [-0.05, 0) is 6.07 Å². The first-order chi connectivity index (χ1) is 8.74. The first-order valence-electron chi connectivity index (χ1n) is 5.34. The summed E-state index contributed by atoms with van der Waals surface area (Å²) < 4.78 is 0. The lowest BCUT2D eigenvalue weighted by atomic mass is 9.98. The summed E-state index contributed by atoms with van der Waals surface area (Å²) in [4.78, 5) is 25.8. The Kier molecular flexibility index (Phi) is 3.75. The maximum Gasteiger partial charge on any atom is 0.266 e. The molecule has 0 aliphatic carbocycles. The Hall–Kier alpha value is -2.13. The summed E-state index contributed by atoms with van der Waals surface area (Å²) in [6.45, 7) is 0. The first kappa shape index (κ1) is 12.3. The second kappa shape index (κ2) is 5.47. The van der Waals surface area contributed by atoms with Crippen molar-refractivity contribution in [1.29, 1.82) is 0 Å². The van der Waals surface area contributed by atoms with Gasteiger partial charge >= 0.3 is 0 Å². The van der Waals surface area contributed by atoms with Crippen molar-refractivity contribution < 1.29 is 9.59 Å². The van der Waals surface area contributed by atoms with Gasteiger partial charge < -0.3 is 0 Å². The normalized spacial score (nSPS) is 9.83. The van der Waals surface area contributed by atoms with Crippen molar-refractivity contribution in [2.45, 2.75) is 0 Å². The number of amides is 1. The molecule has 0 heterocycles. The number of carbonyl (C=O) groups excluding carboxylic acids is 2. The van der Waals surface area contributed by atoms with Crippen LogP contribution in [0.4, 0.5) is 0 Å². The Morgan fingerprint density at radius 1 is 0.833 bits per heavy atom. The number of ketones is 1. The standard InChI is InChI=1S/C14H10ClNO2/c15-16-14(18)12-9-5-4-8-11(12)13(17)10-6-2-1-3-7-10/h1-9H,(H,16,18). The van der Waals surface area contributed by atoms with Crippen LogP contribution >= 0.6 is 11.8 Å². The molecule has 0 atom stereocenters. The van der Waals surface area contributed by atoms with Gasteiger partial charge in [-0.15, -0.1) is 0 Å². The lowest BCUT2D eigenvalue weighted by Crippen LogP contribution is -2.17. The number of halogens is 1. The molecule has 0 fully saturated rings. The molecule has 0 aliphatic heterocycles. The fraction of sp³-hybridized carbons (Fsp3) is 0. The van der Waals surface area contributed by atoms with Crippen LogP contribution in [0.15, 0.2) is 54.6 Å². The number of benzene rings is 2. The van der Waals surface area contributed by atoms with Crippen LogP contribution in [-0.4, -0.2) is 11.7 Å². The van der Waals surface area contributed by atoms with Crippen LogP contribution in [-0.2, 0) is 0 Å². The number of hydrogen-bond donors (Lipinski definition) is 1. The molecule has 1 amide bonds. The highest BCUT2D eigenvalue weighted by atomic mass is 35.5. The number of nitrogens with one attached hydrogen (secondary N) is 1. The highest BCUT2D eigenvalue weighted by Crippen LogP contribution is 2.14. The van der Waals surface area contributed by atoms with Gasteiger partial charge in [0.25, 0.3) is 5.91 Å². The van der Waals surface area contributed by atoms with Crippen molar-refractivity contribution in [2.75, 3.05) is 0 Å². The lowest BCUT2D eigenvalue weighted by Gasteiger charge is -2.06. The second-order valence-corrected chi connectivity index (χ2v) is 3.85. The summed E-state index contributed by atoms with van der Waals surface area (Å²) >= 11 is 5.30. The van der Waals surface area contributed by atoms with Gasteiger partial charge in [0.1, 0.15) is 0 Å². The maximum absolute atomic E-state index is 12.3. The molecule has 0 aromatic heterocycles. The van der Waals surface area contributed by atoms with E-state index in [0.29, 0.717) is 11.1 Å². The van der Waals surface area contributed by atoms with E-state index in [4.69, 9.17) is 11.8 Å². The van der Waals surface area contributed by atoms with Crippen LogP contribution < -0.4 is 4.84 Å². The largest absolute Gasteiger partial charge is 0.289 e. The van der Waals surface area contributed by atoms with Crippen LogP contribution in [0.1, 0.15) is 26.3 Å². The summed E-state index contributed by atoms with van der Waals surface area (Å²) in [6, 6.07) is 15.4. The minimum Gasteiger partial charge on any atom is -0.289 e. The van der Waals surface area contributed by atoms with E-state index in [1.165, 1.54) is 0 Å². The minimum atomic E-state index is -0.489. The molecule has 90 valence electrons. The van der Waals surface area contributed by atoms with Gasteiger partial charge in [-0.2, -0.15) is 0 Å². The summed E-state index contributed by atoms with van der Waals surface area (Å²) in [5.41, 5.74) is 1.13. The minimum absolute atomic E-state index is 0.202. The molecule has 0 saturated carbocycles. The zero-order valence-electron chi connectivity index (χ0n) is 9.39. The fourth-order valence-corrected chi connectivity index (χ4v) is 1.78. The third kappa shape index (κ3) is 2.41. The van der Waals surface area contributed by atoms with E-state index >= 15 is 0 Å². The predicted molar refractivity (Wildman–Crippen MR) is 69.6 cm³/mol. The van der Waals surface area contributed by atoms with Gasteiger partial charge in [-0.1, -0.05) is 48.5 Å². The average molecular weight is 260 g/mol. The molecule has 0 aliphatic rings. The van der Waals surface area contributed by atoms with Crippen molar-refractivity contribution >= 4 is 23.5 Å². The number of carbonyl (C=O) groups is 2. The zero-order valence-corrected chi connectivity index (χ0v) is 10.1. The summed E-state index contributed by atoms with van der Waals surface area (Å²) in [5, 5.41) is 0. The average Bonchev–Trinajstić information content (AvgIpc) is 2.46. The molecule has 0 unspecified atom stereocenters. The summed E-state index contributed by atoms with van der Waals surface area (Å²) in [7, 11) is 0. The quantitative estimate of drug-likeness (QED) is 0.681. The van der Waals surface area contributed by atoms with Crippen molar-refractivity contribution in [2.24, 2.45) is 0 Å². The third-order valence-electron chi connectivity index (χ3n) is 2.54. The van der Waals surface area contributed by atoms with Crippen molar-refractivity contribution in [3.63, 3.8) is 0 Å². The van der Waals surface area contributed by atoms with E-state index in [9.17, 15) is 9.59 Å². The van der Waals surface area contributed by atoms with Crippen LogP contribution in [0, 0.1) is 0 Å². The molecule has 0 spiro atoms. The molecule has 4 heteroatoms. The Bertz CT molecular complexity index is 581. The number of rotatable bonds is 3. The molecule has 0 bridgehead atoms.